The number of aryl methyl sites for hydroxylation is 1. The molecule has 0 aliphatic heterocycles. The topological polar surface area (TPSA) is 54.1 Å². The van der Waals surface area contributed by atoms with Gasteiger partial charge in [0.1, 0.15) is 5.75 Å². The number of hydrogen-bond donors (Lipinski definition) is 2. The Bertz CT molecular complexity index is 894. The number of rotatable bonds is 4. The van der Waals surface area contributed by atoms with Gasteiger partial charge in [-0.2, -0.15) is 0 Å². The number of H-pyrrole nitrogens is 1. The van der Waals surface area contributed by atoms with E-state index in [1.807, 2.05) is 69.3 Å². The molecular weight excluding hydrogens is 300 g/mol. The third-order valence-corrected chi connectivity index (χ3v) is 4.44. The number of hydrogen-bond acceptors (Lipinski definition) is 2. The third-order valence-electron chi connectivity index (χ3n) is 4.44. The first kappa shape index (κ1) is 16.1. The lowest BCUT2D eigenvalue weighted by Gasteiger charge is -2.25. The summed E-state index contributed by atoms with van der Waals surface area (Å²) in [6.07, 6.45) is 0. The smallest absolute Gasteiger partial charge is 0.234 e. The molecule has 2 N–H and O–H groups in total. The number of para-hydroxylation sites is 3. The van der Waals surface area contributed by atoms with Crippen LogP contribution in [0.15, 0.2) is 48.5 Å². The van der Waals surface area contributed by atoms with Crippen molar-refractivity contribution in [2.75, 3.05) is 12.4 Å². The second kappa shape index (κ2) is 6.04. The van der Waals surface area contributed by atoms with Crippen molar-refractivity contribution in [2.24, 2.45) is 0 Å². The van der Waals surface area contributed by atoms with Gasteiger partial charge in [-0.25, -0.2) is 0 Å². The molecule has 0 aliphatic rings. The molecule has 4 nitrogen and oxygen atoms in total. The monoisotopic (exact) mass is 322 g/mol. The fourth-order valence-corrected chi connectivity index (χ4v) is 3.22. The van der Waals surface area contributed by atoms with Crippen LogP contribution in [0.1, 0.15) is 25.1 Å². The van der Waals surface area contributed by atoms with Crippen molar-refractivity contribution in [3.8, 4) is 5.75 Å². The van der Waals surface area contributed by atoms with E-state index < -0.39 is 5.41 Å². The number of carbonyl (C=O) groups excluding carboxylic acids is 1. The summed E-state index contributed by atoms with van der Waals surface area (Å²) in [5.74, 6) is 0.581. The van der Waals surface area contributed by atoms with E-state index in [1.165, 1.54) is 0 Å². The second-order valence-corrected chi connectivity index (χ2v) is 6.45. The maximum Gasteiger partial charge on any atom is 0.234 e. The van der Waals surface area contributed by atoms with E-state index in [-0.39, 0.29) is 5.91 Å². The molecule has 1 heterocycles. The van der Waals surface area contributed by atoms with E-state index in [2.05, 4.69) is 10.3 Å². The number of nitrogens with one attached hydrogen (secondary N) is 2. The zero-order chi connectivity index (χ0) is 17.3. The van der Waals surface area contributed by atoms with Gasteiger partial charge in [-0.05, 0) is 44.5 Å². The predicted molar refractivity (Wildman–Crippen MR) is 97.7 cm³/mol. The molecule has 0 radical (unpaired) electrons. The van der Waals surface area contributed by atoms with E-state index in [0.29, 0.717) is 11.4 Å². The molecule has 24 heavy (non-hydrogen) atoms. The van der Waals surface area contributed by atoms with Crippen molar-refractivity contribution in [1.29, 1.82) is 0 Å². The van der Waals surface area contributed by atoms with Crippen LogP contribution in [0, 0.1) is 6.92 Å². The summed E-state index contributed by atoms with van der Waals surface area (Å²) in [7, 11) is 1.60. The van der Waals surface area contributed by atoms with Crippen LogP contribution in [0.25, 0.3) is 10.9 Å². The second-order valence-electron chi connectivity index (χ2n) is 6.45. The zero-order valence-corrected chi connectivity index (χ0v) is 14.4. The first-order valence-corrected chi connectivity index (χ1v) is 7.97. The van der Waals surface area contributed by atoms with Gasteiger partial charge in [0.15, 0.2) is 0 Å². The Morgan fingerprint density at radius 3 is 2.50 bits per heavy atom. The lowest BCUT2D eigenvalue weighted by Crippen LogP contribution is -2.35. The Morgan fingerprint density at radius 2 is 1.75 bits per heavy atom. The van der Waals surface area contributed by atoms with Crippen molar-refractivity contribution in [3.05, 3.63) is 59.8 Å². The number of aromatic nitrogens is 1. The molecule has 4 heteroatoms. The van der Waals surface area contributed by atoms with Crippen LogP contribution >= 0.6 is 0 Å². The zero-order valence-electron chi connectivity index (χ0n) is 14.4. The molecular formula is C20H22N2O2. The minimum atomic E-state index is -0.690. The van der Waals surface area contributed by atoms with Crippen LogP contribution in [0.3, 0.4) is 0 Å². The number of fused-ring (bicyclic) bond motifs is 1. The van der Waals surface area contributed by atoms with Crippen LogP contribution < -0.4 is 10.1 Å². The van der Waals surface area contributed by atoms with Crippen molar-refractivity contribution in [3.63, 3.8) is 0 Å². The molecule has 1 amide bonds. The van der Waals surface area contributed by atoms with Crippen molar-refractivity contribution >= 4 is 22.5 Å². The van der Waals surface area contributed by atoms with Crippen LogP contribution in [0.5, 0.6) is 5.75 Å². The average Bonchev–Trinajstić information content (AvgIpc) is 2.91. The minimum Gasteiger partial charge on any atom is -0.495 e. The van der Waals surface area contributed by atoms with E-state index in [0.717, 1.165) is 22.2 Å². The van der Waals surface area contributed by atoms with Gasteiger partial charge >= 0.3 is 0 Å². The lowest BCUT2D eigenvalue weighted by atomic mass is 9.81. The molecule has 0 aliphatic carbocycles. The van der Waals surface area contributed by atoms with Crippen LogP contribution in [0.2, 0.25) is 0 Å². The standard InChI is InChI=1S/C20H22N2O2/c1-13-18(14-9-5-6-10-15(14)21-13)20(2,3)19(23)22-16-11-7-8-12-17(16)24-4/h5-12,21H,1-4H3,(H,22,23). The number of amides is 1. The maximum atomic E-state index is 13.0. The molecule has 0 spiro atoms. The molecule has 2 aromatic carbocycles. The fourth-order valence-electron chi connectivity index (χ4n) is 3.22. The minimum absolute atomic E-state index is 0.0696. The highest BCUT2D eigenvalue weighted by Gasteiger charge is 2.34. The quantitative estimate of drug-likeness (QED) is 0.748. The SMILES string of the molecule is COc1ccccc1NC(=O)C(C)(C)c1c(C)[nH]c2ccccc12. The summed E-state index contributed by atoms with van der Waals surface area (Å²) in [4.78, 5) is 16.4. The molecule has 0 saturated carbocycles. The molecule has 0 atom stereocenters. The van der Waals surface area contributed by atoms with E-state index in [1.54, 1.807) is 7.11 Å². The largest absolute Gasteiger partial charge is 0.495 e. The number of anilines is 1. The Hall–Kier alpha value is -2.75. The van der Waals surface area contributed by atoms with Crippen molar-refractivity contribution in [2.45, 2.75) is 26.2 Å². The van der Waals surface area contributed by atoms with Crippen molar-refractivity contribution < 1.29 is 9.53 Å². The predicted octanol–water partition coefficient (Wildman–Crippen LogP) is 4.40. The van der Waals surface area contributed by atoms with Gasteiger partial charge in [0, 0.05) is 16.6 Å². The Morgan fingerprint density at radius 1 is 1.08 bits per heavy atom. The normalized spacial score (nSPS) is 11.5. The summed E-state index contributed by atoms with van der Waals surface area (Å²) >= 11 is 0. The molecule has 0 unspecified atom stereocenters. The average molecular weight is 322 g/mol. The Balaban J connectivity index is 2.00. The number of aromatic amines is 1. The van der Waals surface area contributed by atoms with E-state index in [9.17, 15) is 4.79 Å². The van der Waals surface area contributed by atoms with Gasteiger partial charge in [-0.3, -0.25) is 4.79 Å². The summed E-state index contributed by atoms with van der Waals surface area (Å²) in [6, 6.07) is 15.5. The summed E-state index contributed by atoms with van der Waals surface area (Å²) < 4.78 is 5.32. The molecule has 3 rings (SSSR count). The molecule has 3 aromatic rings. The molecule has 0 saturated heterocycles. The molecule has 1 aromatic heterocycles. The third kappa shape index (κ3) is 2.64. The molecule has 0 fully saturated rings. The van der Waals surface area contributed by atoms with Crippen LogP contribution in [-0.2, 0) is 10.2 Å². The first-order valence-electron chi connectivity index (χ1n) is 7.97. The lowest BCUT2D eigenvalue weighted by molar-refractivity contribution is -0.120. The van der Waals surface area contributed by atoms with Gasteiger partial charge in [0.05, 0.1) is 18.2 Å². The summed E-state index contributed by atoms with van der Waals surface area (Å²) in [5.41, 5.74) is 3.06. The van der Waals surface area contributed by atoms with Gasteiger partial charge in [0.25, 0.3) is 0 Å². The summed E-state index contributed by atoms with van der Waals surface area (Å²) in [5, 5.41) is 4.08. The fraction of sp³-hybridized carbons (Fsp3) is 0.250. The highest BCUT2D eigenvalue weighted by Crippen LogP contribution is 2.35. The van der Waals surface area contributed by atoms with Crippen molar-refractivity contribution in [1.82, 2.24) is 4.98 Å². The highest BCUT2D eigenvalue weighted by molar-refractivity contribution is 6.03. The summed E-state index contributed by atoms with van der Waals surface area (Å²) in [6.45, 7) is 5.90. The first-order chi connectivity index (χ1) is 11.4. The number of methoxy groups -OCH3 is 1. The van der Waals surface area contributed by atoms with E-state index in [4.69, 9.17) is 4.74 Å². The maximum absolute atomic E-state index is 13.0. The number of carbonyl (C=O) groups is 1. The molecule has 0 bridgehead atoms. The number of benzene rings is 2. The Kier molecular flexibility index (Phi) is 4.06. The van der Waals surface area contributed by atoms with Crippen LogP contribution in [-0.4, -0.2) is 18.0 Å². The van der Waals surface area contributed by atoms with Gasteiger partial charge < -0.3 is 15.0 Å². The van der Waals surface area contributed by atoms with Crippen LogP contribution in [0.4, 0.5) is 5.69 Å². The molecule has 124 valence electrons. The van der Waals surface area contributed by atoms with Gasteiger partial charge in [-0.1, -0.05) is 30.3 Å². The number of ether oxygens (including phenoxy) is 1. The van der Waals surface area contributed by atoms with Gasteiger partial charge in [0.2, 0.25) is 5.91 Å². The highest BCUT2D eigenvalue weighted by atomic mass is 16.5. The van der Waals surface area contributed by atoms with Gasteiger partial charge in [-0.15, -0.1) is 0 Å². The Labute approximate surface area is 141 Å². The van der Waals surface area contributed by atoms with E-state index >= 15 is 0 Å².